The molecule has 0 unspecified atom stereocenters. The summed E-state index contributed by atoms with van der Waals surface area (Å²) < 4.78 is 18.2. The number of carbonyl (C=O) groups is 2. The van der Waals surface area contributed by atoms with E-state index in [1.807, 2.05) is 74.5 Å². The number of carbonyl (C=O) groups excluding carboxylic acids is 2. The van der Waals surface area contributed by atoms with Crippen molar-refractivity contribution in [2.45, 2.75) is 20.8 Å². The van der Waals surface area contributed by atoms with Gasteiger partial charge in [0.15, 0.2) is 11.5 Å². The van der Waals surface area contributed by atoms with Crippen molar-refractivity contribution in [3.8, 4) is 45.5 Å². The Morgan fingerprint density at radius 2 is 1.44 bits per heavy atom. The summed E-state index contributed by atoms with van der Waals surface area (Å²) in [5.74, 6) is 0.742. The standard InChI is InChI=1S/C33H27N3O5/c1-20-4-8-24(9-5-20)31-30(33(41-22(3)37)36(35-31)27-15-6-21(2)7-16-27)23-10-13-26(14-11-23)34-32(38)25-12-17-28-29(18-25)40-19-39-28/h4-18H,19H2,1-3H3,(H,34,38). The Labute approximate surface area is 237 Å². The number of nitrogens with zero attached hydrogens (tertiary/aromatic N) is 2. The number of aromatic nitrogens is 2. The van der Waals surface area contributed by atoms with Gasteiger partial charge in [0, 0.05) is 23.7 Å². The first kappa shape index (κ1) is 25.9. The number of esters is 1. The molecule has 0 atom stereocenters. The molecule has 0 bridgehead atoms. The van der Waals surface area contributed by atoms with Crippen molar-refractivity contribution >= 4 is 17.6 Å². The van der Waals surface area contributed by atoms with E-state index in [9.17, 15) is 9.59 Å². The first-order valence-electron chi connectivity index (χ1n) is 13.1. The number of anilines is 1. The fourth-order valence-electron chi connectivity index (χ4n) is 4.63. The van der Waals surface area contributed by atoms with Gasteiger partial charge in [0.25, 0.3) is 5.91 Å². The van der Waals surface area contributed by atoms with Crippen LogP contribution in [0.25, 0.3) is 28.1 Å². The summed E-state index contributed by atoms with van der Waals surface area (Å²) in [6.45, 7) is 5.55. The van der Waals surface area contributed by atoms with Crippen molar-refractivity contribution in [2.24, 2.45) is 0 Å². The minimum absolute atomic E-state index is 0.141. The lowest BCUT2D eigenvalue weighted by Gasteiger charge is -2.11. The maximum atomic E-state index is 12.9. The zero-order chi connectivity index (χ0) is 28.5. The normalized spacial score (nSPS) is 11.8. The summed E-state index contributed by atoms with van der Waals surface area (Å²) in [5.41, 5.74) is 7.03. The SMILES string of the molecule is CC(=O)Oc1c(-c2ccc(NC(=O)c3ccc4c(c3)OCO4)cc2)c(-c2ccc(C)cc2)nn1-c1ccc(C)cc1. The van der Waals surface area contributed by atoms with Gasteiger partial charge in [-0.3, -0.25) is 9.59 Å². The first-order chi connectivity index (χ1) is 19.9. The molecule has 1 amide bonds. The Balaban J connectivity index is 1.40. The molecule has 0 radical (unpaired) electrons. The molecule has 8 heteroatoms. The molecular formula is C33H27N3O5. The molecule has 0 saturated heterocycles. The summed E-state index contributed by atoms with van der Waals surface area (Å²) >= 11 is 0. The van der Waals surface area contributed by atoms with E-state index in [1.165, 1.54) is 6.92 Å². The van der Waals surface area contributed by atoms with E-state index in [1.54, 1.807) is 35.0 Å². The van der Waals surface area contributed by atoms with Gasteiger partial charge >= 0.3 is 5.97 Å². The van der Waals surface area contributed by atoms with E-state index in [4.69, 9.17) is 19.3 Å². The molecule has 0 fully saturated rings. The summed E-state index contributed by atoms with van der Waals surface area (Å²) in [5, 5.41) is 7.85. The van der Waals surface area contributed by atoms with Crippen LogP contribution in [0.3, 0.4) is 0 Å². The summed E-state index contributed by atoms with van der Waals surface area (Å²) in [6.07, 6.45) is 0. The van der Waals surface area contributed by atoms with Crippen molar-refractivity contribution in [2.75, 3.05) is 12.1 Å². The van der Waals surface area contributed by atoms with Crippen LogP contribution in [0.2, 0.25) is 0 Å². The Hall–Kier alpha value is -5.37. The van der Waals surface area contributed by atoms with Crippen molar-refractivity contribution in [1.82, 2.24) is 9.78 Å². The van der Waals surface area contributed by atoms with Crippen LogP contribution in [0.1, 0.15) is 28.4 Å². The number of fused-ring (bicyclic) bond motifs is 1. The summed E-state index contributed by atoms with van der Waals surface area (Å²) in [4.78, 5) is 25.2. The number of benzene rings is 4. The number of aryl methyl sites for hydroxylation is 2. The minimum Gasteiger partial charge on any atom is -0.454 e. The van der Waals surface area contributed by atoms with Crippen LogP contribution < -0.4 is 19.5 Å². The van der Waals surface area contributed by atoms with Crippen LogP contribution >= 0.6 is 0 Å². The van der Waals surface area contributed by atoms with Gasteiger partial charge in [0.1, 0.15) is 5.69 Å². The minimum atomic E-state index is -0.456. The fraction of sp³-hybridized carbons (Fsp3) is 0.121. The number of nitrogens with one attached hydrogen (secondary N) is 1. The first-order valence-corrected chi connectivity index (χ1v) is 13.1. The molecule has 1 N–H and O–H groups in total. The maximum absolute atomic E-state index is 12.9. The molecule has 0 aliphatic carbocycles. The highest BCUT2D eigenvalue weighted by Crippen LogP contribution is 2.41. The van der Waals surface area contributed by atoms with Crippen LogP contribution in [0.15, 0.2) is 91.0 Å². The smallest absolute Gasteiger partial charge is 0.309 e. The van der Waals surface area contributed by atoms with E-state index in [0.717, 1.165) is 27.9 Å². The number of rotatable bonds is 6. The average Bonchev–Trinajstić information content (AvgIpc) is 3.59. The Morgan fingerprint density at radius 1 is 0.805 bits per heavy atom. The third-order valence-corrected chi connectivity index (χ3v) is 6.75. The molecule has 8 nitrogen and oxygen atoms in total. The van der Waals surface area contributed by atoms with E-state index in [2.05, 4.69) is 5.32 Å². The molecule has 204 valence electrons. The van der Waals surface area contributed by atoms with Crippen LogP contribution in [0, 0.1) is 13.8 Å². The van der Waals surface area contributed by atoms with Crippen LogP contribution in [-0.2, 0) is 4.79 Å². The second-order valence-corrected chi connectivity index (χ2v) is 9.84. The number of hydrogen-bond acceptors (Lipinski definition) is 6. The quantitative estimate of drug-likeness (QED) is 0.238. The van der Waals surface area contributed by atoms with Gasteiger partial charge in [0.05, 0.1) is 11.3 Å². The van der Waals surface area contributed by atoms with Crippen LogP contribution in [0.4, 0.5) is 5.69 Å². The predicted octanol–water partition coefficient (Wildman–Crippen LogP) is 6.73. The molecule has 41 heavy (non-hydrogen) atoms. The molecule has 1 aromatic heterocycles. The lowest BCUT2D eigenvalue weighted by atomic mass is 10.00. The molecule has 2 heterocycles. The summed E-state index contributed by atoms with van der Waals surface area (Å²) in [7, 11) is 0. The predicted molar refractivity (Wildman–Crippen MR) is 156 cm³/mol. The third-order valence-electron chi connectivity index (χ3n) is 6.75. The molecule has 6 rings (SSSR count). The molecular weight excluding hydrogens is 518 g/mol. The van der Waals surface area contributed by atoms with Gasteiger partial charge in [-0.1, -0.05) is 59.7 Å². The number of hydrogen-bond donors (Lipinski definition) is 1. The van der Waals surface area contributed by atoms with Gasteiger partial charge < -0.3 is 19.5 Å². The molecule has 0 spiro atoms. The maximum Gasteiger partial charge on any atom is 0.309 e. The number of amides is 1. The lowest BCUT2D eigenvalue weighted by molar-refractivity contribution is -0.132. The second kappa shape index (κ2) is 10.7. The molecule has 5 aromatic rings. The molecule has 1 aliphatic heterocycles. The Bertz CT molecular complexity index is 1760. The average molecular weight is 546 g/mol. The molecule has 1 aliphatic rings. The van der Waals surface area contributed by atoms with Crippen molar-refractivity contribution in [1.29, 1.82) is 0 Å². The van der Waals surface area contributed by atoms with Crippen LogP contribution in [-0.4, -0.2) is 28.4 Å². The molecule has 4 aromatic carbocycles. The Kier molecular flexibility index (Phi) is 6.73. The monoisotopic (exact) mass is 545 g/mol. The summed E-state index contributed by atoms with van der Waals surface area (Å²) in [6, 6.07) is 28.3. The largest absolute Gasteiger partial charge is 0.454 e. The van der Waals surface area contributed by atoms with Crippen molar-refractivity contribution < 1.29 is 23.8 Å². The van der Waals surface area contributed by atoms with Gasteiger partial charge in [-0.25, -0.2) is 0 Å². The third kappa shape index (κ3) is 5.27. The lowest BCUT2D eigenvalue weighted by Crippen LogP contribution is -2.11. The number of ether oxygens (including phenoxy) is 3. The molecule has 0 saturated carbocycles. The van der Waals surface area contributed by atoms with Crippen molar-refractivity contribution in [3.05, 3.63) is 108 Å². The Morgan fingerprint density at radius 3 is 2.12 bits per heavy atom. The van der Waals surface area contributed by atoms with Gasteiger partial charge in [-0.2, -0.15) is 9.78 Å². The van der Waals surface area contributed by atoms with Crippen molar-refractivity contribution in [3.63, 3.8) is 0 Å². The zero-order valence-electron chi connectivity index (χ0n) is 22.8. The van der Waals surface area contributed by atoms with E-state index >= 15 is 0 Å². The highest BCUT2D eigenvalue weighted by molar-refractivity contribution is 6.05. The van der Waals surface area contributed by atoms with E-state index < -0.39 is 5.97 Å². The fourth-order valence-corrected chi connectivity index (χ4v) is 4.63. The van der Waals surface area contributed by atoms with E-state index in [0.29, 0.717) is 39.9 Å². The van der Waals surface area contributed by atoms with Crippen LogP contribution in [0.5, 0.6) is 17.4 Å². The highest BCUT2D eigenvalue weighted by Gasteiger charge is 2.25. The highest BCUT2D eigenvalue weighted by atomic mass is 16.7. The van der Waals surface area contributed by atoms with Gasteiger partial charge in [-0.15, -0.1) is 0 Å². The van der Waals surface area contributed by atoms with E-state index in [-0.39, 0.29) is 12.7 Å². The second-order valence-electron chi connectivity index (χ2n) is 9.84. The topological polar surface area (TPSA) is 91.7 Å². The van der Waals surface area contributed by atoms with Gasteiger partial charge in [-0.05, 0) is 61.9 Å². The van der Waals surface area contributed by atoms with Gasteiger partial charge in [0.2, 0.25) is 12.7 Å². The zero-order valence-corrected chi connectivity index (χ0v) is 22.8.